The van der Waals surface area contributed by atoms with Gasteiger partial charge in [-0.1, -0.05) is 94.4 Å². The van der Waals surface area contributed by atoms with Gasteiger partial charge in [0, 0.05) is 6.42 Å². The minimum Gasteiger partial charge on any atom is -0.393 e. The molecule has 0 fully saturated rings. The van der Waals surface area contributed by atoms with E-state index in [2.05, 4.69) is 24.4 Å². The molecule has 164 valence electrons. The lowest BCUT2D eigenvalue weighted by Gasteiger charge is -2.14. The van der Waals surface area contributed by atoms with Gasteiger partial charge in [-0.15, -0.1) is 0 Å². The number of hydrogen-bond acceptors (Lipinski definition) is 2. The summed E-state index contributed by atoms with van der Waals surface area (Å²) in [7, 11) is 0. The van der Waals surface area contributed by atoms with Crippen LogP contribution in [0.2, 0.25) is 0 Å². The summed E-state index contributed by atoms with van der Waals surface area (Å²) in [6, 6.07) is 10.2. The third kappa shape index (κ3) is 14.1. The lowest BCUT2D eigenvalue weighted by atomic mass is 10.1. The molecule has 0 aromatic heterocycles. The molecule has 2 atom stereocenters. The van der Waals surface area contributed by atoms with Crippen molar-refractivity contribution in [2.45, 2.75) is 109 Å². The molecule has 0 radical (unpaired) electrons. The Morgan fingerprint density at radius 2 is 1.66 bits per heavy atom. The molecule has 1 rings (SSSR count). The van der Waals surface area contributed by atoms with Gasteiger partial charge in [-0.25, -0.2) is 0 Å². The Balaban J connectivity index is 1.93. The first kappa shape index (κ1) is 25.4. The maximum Gasteiger partial charge on any atom is 0.220 e. The first-order valence-electron chi connectivity index (χ1n) is 11.8. The number of amides is 1. The molecule has 0 saturated heterocycles. The maximum atomic E-state index is 12.0. The number of aliphatic hydroxyl groups is 1. The fraction of sp³-hybridized carbons (Fsp3) is 0.654. The molecule has 1 aromatic carbocycles. The Labute approximate surface area is 179 Å². The van der Waals surface area contributed by atoms with Crippen molar-refractivity contribution in [3.63, 3.8) is 0 Å². The van der Waals surface area contributed by atoms with Crippen molar-refractivity contribution in [3.05, 3.63) is 48.0 Å². The molecule has 0 heterocycles. The molecule has 0 unspecified atom stereocenters. The summed E-state index contributed by atoms with van der Waals surface area (Å²) < 4.78 is 0. The van der Waals surface area contributed by atoms with E-state index in [1.165, 1.54) is 38.5 Å². The molecular weight excluding hydrogens is 358 g/mol. The largest absolute Gasteiger partial charge is 0.393 e. The van der Waals surface area contributed by atoms with E-state index in [1.54, 1.807) is 0 Å². The van der Waals surface area contributed by atoms with Crippen LogP contribution in [0.15, 0.2) is 42.5 Å². The summed E-state index contributed by atoms with van der Waals surface area (Å²) in [5.74, 6) is 0.150. The molecule has 2 N–H and O–H groups in total. The van der Waals surface area contributed by atoms with Crippen LogP contribution in [-0.4, -0.2) is 17.1 Å². The smallest absolute Gasteiger partial charge is 0.220 e. The average molecular weight is 402 g/mol. The number of allylic oxidation sites excluding steroid dienone is 1. The maximum absolute atomic E-state index is 12.0. The van der Waals surface area contributed by atoms with Crippen LogP contribution < -0.4 is 5.32 Å². The third-order valence-corrected chi connectivity index (χ3v) is 5.42. The van der Waals surface area contributed by atoms with Crippen molar-refractivity contribution in [2.24, 2.45) is 0 Å². The van der Waals surface area contributed by atoms with Crippen LogP contribution in [0.1, 0.15) is 109 Å². The second kappa shape index (κ2) is 17.3. The topological polar surface area (TPSA) is 49.3 Å². The van der Waals surface area contributed by atoms with Gasteiger partial charge in [-0.2, -0.15) is 0 Å². The monoisotopic (exact) mass is 401 g/mol. The number of hydrogen-bond donors (Lipinski definition) is 2. The molecule has 0 saturated carbocycles. The Hall–Kier alpha value is -1.61. The molecule has 29 heavy (non-hydrogen) atoms. The van der Waals surface area contributed by atoms with Crippen LogP contribution in [0.4, 0.5) is 0 Å². The van der Waals surface area contributed by atoms with Crippen LogP contribution in [0.3, 0.4) is 0 Å². The van der Waals surface area contributed by atoms with E-state index < -0.39 is 0 Å². The van der Waals surface area contributed by atoms with Gasteiger partial charge in [0.25, 0.3) is 0 Å². The molecule has 3 heteroatoms. The second-order valence-electron chi connectivity index (χ2n) is 8.22. The van der Waals surface area contributed by atoms with Crippen molar-refractivity contribution >= 4 is 5.91 Å². The Bertz CT molecular complexity index is 541. The predicted octanol–water partition coefficient (Wildman–Crippen LogP) is 6.87. The zero-order valence-electron chi connectivity index (χ0n) is 18.7. The number of aliphatic hydroxyl groups excluding tert-OH is 1. The first-order valence-corrected chi connectivity index (χ1v) is 11.8. The molecule has 1 aromatic rings. The molecule has 0 aliphatic carbocycles. The molecule has 0 bridgehead atoms. The zero-order chi connectivity index (χ0) is 21.2. The van der Waals surface area contributed by atoms with Crippen molar-refractivity contribution in [2.75, 3.05) is 0 Å². The lowest BCUT2D eigenvalue weighted by Crippen LogP contribution is -2.26. The zero-order valence-corrected chi connectivity index (χ0v) is 18.7. The van der Waals surface area contributed by atoms with E-state index in [1.807, 2.05) is 37.3 Å². The number of unbranched alkanes of at least 4 members (excludes halogenated alkanes) is 8. The Kier molecular flexibility index (Phi) is 15.1. The minimum atomic E-state index is -0.168. The fourth-order valence-electron chi connectivity index (χ4n) is 3.51. The summed E-state index contributed by atoms with van der Waals surface area (Å²) in [5.41, 5.74) is 1.15. The number of carbonyl (C=O) groups is 1. The quantitative estimate of drug-likeness (QED) is 0.221. The van der Waals surface area contributed by atoms with Crippen LogP contribution >= 0.6 is 0 Å². The summed E-state index contributed by atoms with van der Waals surface area (Å²) >= 11 is 0. The molecule has 0 spiro atoms. The highest BCUT2D eigenvalue weighted by Crippen LogP contribution is 2.13. The van der Waals surface area contributed by atoms with E-state index in [4.69, 9.17) is 0 Å². The van der Waals surface area contributed by atoms with Gasteiger partial charge in [0.05, 0.1) is 12.1 Å². The van der Waals surface area contributed by atoms with Gasteiger partial charge in [-0.3, -0.25) is 4.79 Å². The standard InChI is InChI=1S/C26H43NO2/c1-3-4-5-15-20-25(28)21-16-10-8-6-7-9-11-17-22-26(29)27-23(2)24-18-13-12-14-19-24/h10,12-14,16,18-19,23,25,28H,3-9,11,15,17,20-22H2,1-2H3,(H,27,29)/b16-10+/t23-,25+/m0/s1. The molecule has 0 aliphatic heterocycles. The van der Waals surface area contributed by atoms with E-state index in [0.29, 0.717) is 6.42 Å². The normalized spacial score (nSPS) is 13.5. The number of rotatable bonds is 17. The van der Waals surface area contributed by atoms with Crippen LogP contribution in [0, 0.1) is 0 Å². The number of carbonyl (C=O) groups excluding carboxylic acids is 1. The fourth-order valence-corrected chi connectivity index (χ4v) is 3.51. The summed E-state index contributed by atoms with van der Waals surface area (Å²) in [6.07, 6.45) is 18.2. The highest BCUT2D eigenvalue weighted by Gasteiger charge is 2.08. The molecular formula is C26H43NO2. The van der Waals surface area contributed by atoms with E-state index >= 15 is 0 Å². The summed E-state index contributed by atoms with van der Waals surface area (Å²) in [6.45, 7) is 4.25. The SMILES string of the molecule is CCCCCC[C@@H](O)C/C=C/CCCCCCCC(=O)N[C@@H](C)c1ccccc1. The van der Waals surface area contributed by atoms with Crippen molar-refractivity contribution in [1.82, 2.24) is 5.32 Å². The highest BCUT2D eigenvalue weighted by molar-refractivity contribution is 5.76. The van der Waals surface area contributed by atoms with Crippen LogP contribution in [0.5, 0.6) is 0 Å². The van der Waals surface area contributed by atoms with Crippen molar-refractivity contribution in [3.8, 4) is 0 Å². The number of benzene rings is 1. The van der Waals surface area contributed by atoms with Crippen molar-refractivity contribution < 1.29 is 9.90 Å². The predicted molar refractivity (Wildman–Crippen MR) is 124 cm³/mol. The molecule has 1 amide bonds. The van der Waals surface area contributed by atoms with E-state index in [9.17, 15) is 9.90 Å². The van der Waals surface area contributed by atoms with Gasteiger partial charge >= 0.3 is 0 Å². The van der Waals surface area contributed by atoms with Gasteiger partial charge in [-0.05, 0) is 44.6 Å². The lowest BCUT2D eigenvalue weighted by molar-refractivity contribution is -0.121. The van der Waals surface area contributed by atoms with Gasteiger partial charge in [0.15, 0.2) is 0 Å². The van der Waals surface area contributed by atoms with Crippen LogP contribution in [0.25, 0.3) is 0 Å². The van der Waals surface area contributed by atoms with Gasteiger partial charge in [0.2, 0.25) is 5.91 Å². The Morgan fingerprint density at radius 1 is 0.966 bits per heavy atom. The second-order valence-corrected chi connectivity index (χ2v) is 8.22. The van der Waals surface area contributed by atoms with Crippen LogP contribution in [-0.2, 0) is 4.79 Å². The average Bonchev–Trinajstić information content (AvgIpc) is 2.73. The van der Waals surface area contributed by atoms with Gasteiger partial charge in [0.1, 0.15) is 0 Å². The summed E-state index contributed by atoms with van der Waals surface area (Å²) in [5, 5.41) is 13.0. The molecule has 0 aliphatic rings. The highest BCUT2D eigenvalue weighted by atomic mass is 16.3. The minimum absolute atomic E-state index is 0.0744. The van der Waals surface area contributed by atoms with E-state index in [-0.39, 0.29) is 18.1 Å². The van der Waals surface area contributed by atoms with Crippen molar-refractivity contribution in [1.29, 1.82) is 0 Å². The van der Waals surface area contributed by atoms with E-state index in [0.717, 1.165) is 44.1 Å². The summed E-state index contributed by atoms with van der Waals surface area (Å²) in [4.78, 5) is 12.0. The first-order chi connectivity index (χ1) is 14.1. The molecule has 3 nitrogen and oxygen atoms in total. The third-order valence-electron chi connectivity index (χ3n) is 5.42. The van der Waals surface area contributed by atoms with Gasteiger partial charge < -0.3 is 10.4 Å². The Morgan fingerprint density at radius 3 is 2.41 bits per heavy atom. The number of nitrogens with one attached hydrogen (secondary N) is 1.